The number of hydrogen-bond donors (Lipinski definition) is 2. The maximum atomic E-state index is 11.9. The summed E-state index contributed by atoms with van der Waals surface area (Å²) in [6.07, 6.45) is -0.734. The lowest BCUT2D eigenvalue weighted by Crippen LogP contribution is -2.29. The van der Waals surface area contributed by atoms with Gasteiger partial charge in [-0.2, -0.15) is 0 Å². The Morgan fingerprint density at radius 3 is 2.38 bits per heavy atom. The molecule has 0 saturated heterocycles. The van der Waals surface area contributed by atoms with Gasteiger partial charge < -0.3 is 15.2 Å². The van der Waals surface area contributed by atoms with Crippen LogP contribution in [0, 0.1) is 10.1 Å². The van der Waals surface area contributed by atoms with E-state index < -0.39 is 11.0 Å². The standard InChI is InChI=1S/C17H18N2O5/c1-24-15-8-2-12(3-9-15)10-17(21)18-11-16(20)13-4-6-14(7-5-13)19(22)23/h2-9,16,20H,10-11H2,1H3,(H,18,21). The minimum Gasteiger partial charge on any atom is -0.497 e. The first kappa shape index (κ1) is 17.4. The lowest BCUT2D eigenvalue weighted by molar-refractivity contribution is -0.384. The van der Waals surface area contributed by atoms with E-state index in [1.807, 2.05) is 0 Å². The molecule has 2 N–H and O–H groups in total. The van der Waals surface area contributed by atoms with E-state index in [4.69, 9.17) is 4.74 Å². The first-order chi connectivity index (χ1) is 11.5. The van der Waals surface area contributed by atoms with Gasteiger partial charge in [0.2, 0.25) is 5.91 Å². The van der Waals surface area contributed by atoms with Gasteiger partial charge in [-0.3, -0.25) is 14.9 Å². The van der Waals surface area contributed by atoms with Gasteiger partial charge in [0.05, 0.1) is 24.6 Å². The van der Waals surface area contributed by atoms with Crippen LogP contribution in [0.2, 0.25) is 0 Å². The molecule has 0 heterocycles. The summed E-state index contributed by atoms with van der Waals surface area (Å²) in [5.74, 6) is 0.494. The molecule has 0 aromatic heterocycles. The second kappa shape index (κ2) is 8.07. The zero-order chi connectivity index (χ0) is 17.5. The summed E-state index contributed by atoms with van der Waals surface area (Å²) in [7, 11) is 1.57. The SMILES string of the molecule is COc1ccc(CC(=O)NCC(O)c2ccc([N+](=O)[O-])cc2)cc1. The Hall–Kier alpha value is -2.93. The normalized spacial score (nSPS) is 11.6. The fourth-order valence-corrected chi connectivity index (χ4v) is 2.14. The third kappa shape index (κ3) is 4.79. The molecule has 0 aliphatic heterocycles. The predicted molar refractivity (Wildman–Crippen MR) is 87.8 cm³/mol. The van der Waals surface area contributed by atoms with E-state index in [9.17, 15) is 20.0 Å². The van der Waals surface area contributed by atoms with E-state index in [2.05, 4.69) is 5.32 Å². The predicted octanol–water partition coefficient (Wildman–Crippen LogP) is 2.00. The van der Waals surface area contributed by atoms with Crippen molar-refractivity contribution in [3.8, 4) is 5.75 Å². The molecular weight excluding hydrogens is 312 g/mol. The minimum atomic E-state index is -0.925. The van der Waals surface area contributed by atoms with Crippen molar-refractivity contribution < 1.29 is 19.6 Å². The van der Waals surface area contributed by atoms with Gasteiger partial charge in [0, 0.05) is 18.7 Å². The highest BCUT2D eigenvalue weighted by molar-refractivity contribution is 5.78. The lowest BCUT2D eigenvalue weighted by atomic mass is 10.1. The van der Waals surface area contributed by atoms with E-state index in [0.717, 1.165) is 5.56 Å². The molecule has 2 aromatic rings. The highest BCUT2D eigenvalue weighted by atomic mass is 16.6. The van der Waals surface area contributed by atoms with Crippen LogP contribution >= 0.6 is 0 Å². The van der Waals surface area contributed by atoms with Crippen molar-refractivity contribution in [2.24, 2.45) is 0 Å². The second-order valence-corrected chi connectivity index (χ2v) is 5.19. The van der Waals surface area contributed by atoms with Gasteiger partial charge in [0.25, 0.3) is 5.69 Å². The first-order valence-corrected chi connectivity index (χ1v) is 7.31. The number of hydrogen-bond acceptors (Lipinski definition) is 5. The molecule has 0 saturated carbocycles. The van der Waals surface area contributed by atoms with Crippen LogP contribution in [0.3, 0.4) is 0 Å². The number of rotatable bonds is 7. The van der Waals surface area contributed by atoms with E-state index >= 15 is 0 Å². The molecule has 2 rings (SSSR count). The van der Waals surface area contributed by atoms with E-state index in [-0.39, 0.29) is 24.6 Å². The topological polar surface area (TPSA) is 102 Å². The highest BCUT2D eigenvalue weighted by Gasteiger charge is 2.12. The number of benzene rings is 2. The maximum Gasteiger partial charge on any atom is 0.269 e. The molecule has 0 spiro atoms. The molecule has 7 nitrogen and oxygen atoms in total. The zero-order valence-corrected chi connectivity index (χ0v) is 13.1. The number of carbonyl (C=O) groups excluding carboxylic acids is 1. The van der Waals surface area contributed by atoms with Crippen LogP contribution in [0.15, 0.2) is 48.5 Å². The summed E-state index contributed by atoms with van der Waals surface area (Å²) in [5, 5.41) is 23.3. The summed E-state index contributed by atoms with van der Waals surface area (Å²) < 4.78 is 5.05. The maximum absolute atomic E-state index is 11.9. The minimum absolute atomic E-state index is 0.0345. The Labute approximate surface area is 139 Å². The molecule has 1 atom stereocenters. The van der Waals surface area contributed by atoms with Gasteiger partial charge in [-0.25, -0.2) is 0 Å². The number of methoxy groups -OCH3 is 1. The summed E-state index contributed by atoms with van der Waals surface area (Å²) in [6.45, 7) is 0.0345. The molecule has 0 bridgehead atoms. The van der Waals surface area contributed by atoms with Crippen molar-refractivity contribution in [1.29, 1.82) is 0 Å². The molecular formula is C17H18N2O5. The lowest BCUT2D eigenvalue weighted by Gasteiger charge is -2.12. The van der Waals surface area contributed by atoms with Crippen LogP contribution in [-0.4, -0.2) is 29.6 Å². The Kier molecular flexibility index (Phi) is 5.86. The number of nitrogens with zero attached hydrogens (tertiary/aromatic N) is 1. The Morgan fingerprint density at radius 1 is 1.21 bits per heavy atom. The summed E-state index contributed by atoms with van der Waals surface area (Å²) >= 11 is 0. The summed E-state index contributed by atoms with van der Waals surface area (Å²) in [5.41, 5.74) is 1.29. The Balaban J connectivity index is 1.84. The molecule has 1 unspecified atom stereocenters. The molecule has 7 heteroatoms. The number of carbonyl (C=O) groups is 1. The van der Waals surface area contributed by atoms with Crippen molar-refractivity contribution in [2.75, 3.05) is 13.7 Å². The van der Waals surface area contributed by atoms with Crippen molar-refractivity contribution in [3.63, 3.8) is 0 Å². The number of nitro benzene ring substituents is 1. The highest BCUT2D eigenvalue weighted by Crippen LogP contribution is 2.17. The van der Waals surface area contributed by atoms with E-state index in [1.54, 1.807) is 31.4 Å². The van der Waals surface area contributed by atoms with Crippen LogP contribution in [0.25, 0.3) is 0 Å². The third-order valence-electron chi connectivity index (χ3n) is 3.50. The number of nitrogens with one attached hydrogen (secondary N) is 1. The van der Waals surface area contributed by atoms with E-state index in [1.165, 1.54) is 24.3 Å². The van der Waals surface area contributed by atoms with Crippen LogP contribution in [0.1, 0.15) is 17.2 Å². The van der Waals surface area contributed by atoms with Gasteiger partial charge in [0.1, 0.15) is 5.75 Å². The number of aliphatic hydroxyl groups excluding tert-OH is 1. The second-order valence-electron chi connectivity index (χ2n) is 5.19. The molecule has 126 valence electrons. The number of nitro groups is 1. The molecule has 0 aliphatic carbocycles. The number of non-ortho nitro benzene ring substituents is 1. The van der Waals surface area contributed by atoms with Gasteiger partial charge >= 0.3 is 0 Å². The molecule has 0 radical (unpaired) electrons. The number of amides is 1. The van der Waals surface area contributed by atoms with Crippen LogP contribution < -0.4 is 10.1 Å². The van der Waals surface area contributed by atoms with Crippen LogP contribution in [0.5, 0.6) is 5.75 Å². The van der Waals surface area contributed by atoms with Gasteiger partial charge in [0.15, 0.2) is 0 Å². The van der Waals surface area contributed by atoms with Gasteiger partial charge in [-0.1, -0.05) is 12.1 Å². The zero-order valence-electron chi connectivity index (χ0n) is 13.1. The largest absolute Gasteiger partial charge is 0.497 e. The summed E-state index contributed by atoms with van der Waals surface area (Å²) in [4.78, 5) is 22.0. The first-order valence-electron chi connectivity index (χ1n) is 7.31. The number of ether oxygens (including phenoxy) is 1. The molecule has 0 aliphatic rings. The quantitative estimate of drug-likeness (QED) is 0.597. The summed E-state index contributed by atoms with van der Waals surface area (Å²) in [6, 6.07) is 12.7. The third-order valence-corrected chi connectivity index (χ3v) is 3.50. The average molecular weight is 330 g/mol. The van der Waals surface area contributed by atoms with Gasteiger partial charge in [-0.05, 0) is 35.4 Å². The fraction of sp³-hybridized carbons (Fsp3) is 0.235. The number of aliphatic hydroxyl groups is 1. The Bertz CT molecular complexity index is 698. The molecule has 24 heavy (non-hydrogen) atoms. The van der Waals surface area contributed by atoms with Crippen molar-refractivity contribution in [3.05, 3.63) is 69.8 Å². The van der Waals surface area contributed by atoms with Crippen molar-refractivity contribution in [1.82, 2.24) is 5.32 Å². The van der Waals surface area contributed by atoms with Crippen LogP contribution in [0.4, 0.5) is 5.69 Å². The smallest absolute Gasteiger partial charge is 0.269 e. The molecule has 1 amide bonds. The van der Waals surface area contributed by atoms with E-state index in [0.29, 0.717) is 11.3 Å². The molecule has 2 aromatic carbocycles. The van der Waals surface area contributed by atoms with Crippen molar-refractivity contribution in [2.45, 2.75) is 12.5 Å². The average Bonchev–Trinajstić information content (AvgIpc) is 2.60. The van der Waals surface area contributed by atoms with Crippen LogP contribution in [-0.2, 0) is 11.2 Å². The molecule has 0 fully saturated rings. The Morgan fingerprint density at radius 2 is 1.83 bits per heavy atom. The van der Waals surface area contributed by atoms with Gasteiger partial charge in [-0.15, -0.1) is 0 Å². The van der Waals surface area contributed by atoms with Crippen molar-refractivity contribution >= 4 is 11.6 Å². The fourth-order valence-electron chi connectivity index (χ4n) is 2.14. The monoisotopic (exact) mass is 330 g/mol.